The van der Waals surface area contributed by atoms with Gasteiger partial charge in [0.2, 0.25) is 5.91 Å². The van der Waals surface area contributed by atoms with Crippen molar-refractivity contribution in [2.75, 3.05) is 32.7 Å². The Bertz CT molecular complexity index is 1080. The Morgan fingerprint density at radius 2 is 1.29 bits per heavy atom. The zero-order chi connectivity index (χ0) is 23.2. The Hall–Kier alpha value is -3.21. The van der Waals surface area contributed by atoms with Gasteiger partial charge in [-0.2, -0.15) is 0 Å². The van der Waals surface area contributed by atoms with Crippen LogP contribution in [0.25, 0.3) is 12.2 Å². The average Bonchev–Trinajstić information content (AvgIpc) is 3.03. The molecule has 34 heavy (non-hydrogen) atoms. The van der Waals surface area contributed by atoms with Gasteiger partial charge < -0.3 is 10.2 Å². The van der Waals surface area contributed by atoms with Crippen LogP contribution in [0.3, 0.4) is 0 Å². The molecule has 1 N–H and O–H groups in total. The van der Waals surface area contributed by atoms with Gasteiger partial charge in [-0.15, -0.1) is 0 Å². The lowest BCUT2D eigenvalue weighted by atomic mass is 9.94. The maximum Gasteiger partial charge on any atom is 0.220 e. The van der Waals surface area contributed by atoms with E-state index in [0.29, 0.717) is 6.42 Å². The summed E-state index contributed by atoms with van der Waals surface area (Å²) in [5.74, 6) is 0.124. The maximum atomic E-state index is 13.0. The van der Waals surface area contributed by atoms with Gasteiger partial charge in [0.15, 0.2) is 0 Å². The monoisotopic (exact) mass is 451 g/mol. The van der Waals surface area contributed by atoms with Gasteiger partial charge in [0.05, 0.1) is 6.04 Å². The highest BCUT2D eigenvalue weighted by Crippen LogP contribution is 2.32. The number of fused-ring (bicyclic) bond motifs is 2. The van der Waals surface area contributed by atoms with Gasteiger partial charge in [0.25, 0.3) is 0 Å². The number of rotatable bonds is 7. The van der Waals surface area contributed by atoms with Gasteiger partial charge in [-0.1, -0.05) is 91.0 Å². The molecule has 4 heteroatoms. The molecule has 1 aliphatic heterocycles. The molecule has 3 aromatic rings. The number of carbonyl (C=O) groups excluding carboxylic acids is 1. The first kappa shape index (κ1) is 22.6. The van der Waals surface area contributed by atoms with Crippen LogP contribution < -0.4 is 5.32 Å². The molecular formula is C30H33N3O. The summed E-state index contributed by atoms with van der Waals surface area (Å²) in [6, 6.07) is 27.3. The molecule has 1 heterocycles. The lowest BCUT2D eigenvalue weighted by Crippen LogP contribution is -2.46. The number of hydrogen-bond donors (Lipinski definition) is 1. The standard InChI is InChI=1S/C30H33N3O/c34-29(15-8-18-32-19-21-33(22-20-32)23-24-9-2-1-3-10-24)31-30-27-13-6-4-11-25(27)16-17-26-12-5-7-14-28(26)30/h1-7,9-14,16-17,30H,8,15,18-23H2,(H,31,34). The van der Waals surface area contributed by atoms with Crippen LogP contribution in [0, 0.1) is 0 Å². The Morgan fingerprint density at radius 3 is 1.94 bits per heavy atom. The quantitative estimate of drug-likeness (QED) is 0.551. The van der Waals surface area contributed by atoms with Crippen LogP contribution in [0.2, 0.25) is 0 Å². The summed E-state index contributed by atoms with van der Waals surface area (Å²) >= 11 is 0. The molecular weight excluding hydrogens is 418 g/mol. The molecule has 0 spiro atoms. The maximum absolute atomic E-state index is 13.0. The molecule has 0 bridgehead atoms. The van der Waals surface area contributed by atoms with E-state index in [2.05, 4.69) is 106 Å². The molecule has 1 saturated heterocycles. The van der Waals surface area contributed by atoms with Crippen molar-refractivity contribution in [3.63, 3.8) is 0 Å². The van der Waals surface area contributed by atoms with Gasteiger partial charge in [-0.25, -0.2) is 0 Å². The largest absolute Gasteiger partial charge is 0.345 e. The van der Waals surface area contributed by atoms with Crippen LogP contribution in [0.5, 0.6) is 0 Å². The minimum atomic E-state index is -0.114. The van der Waals surface area contributed by atoms with Crippen molar-refractivity contribution in [3.05, 3.63) is 107 Å². The van der Waals surface area contributed by atoms with E-state index in [1.54, 1.807) is 0 Å². The summed E-state index contributed by atoms with van der Waals surface area (Å²) in [5, 5.41) is 3.34. The van der Waals surface area contributed by atoms with Gasteiger partial charge in [-0.05, 0) is 40.8 Å². The second-order valence-electron chi connectivity index (χ2n) is 9.30. The van der Waals surface area contributed by atoms with Gasteiger partial charge in [0, 0.05) is 39.1 Å². The normalized spacial score (nSPS) is 16.5. The molecule has 3 aromatic carbocycles. The van der Waals surface area contributed by atoms with Crippen molar-refractivity contribution in [2.24, 2.45) is 0 Å². The van der Waals surface area contributed by atoms with Crippen LogP contribution in [-0.2, 0) is 11.3 Å². The van der Waals surface area contributed by atoms with E-state index in [0.717, 1.165) is 67.9 Å². The van der Waals surface area contributed by atoms with Crippen molar-refractivity contribution < 1.29 is 4.79 Å². The van der Waals surface area contributed by atoms with Gasteiger partial charge >= 0.3 is 0 Å². The van der Waals surface area contributed by atoms with Crippen LogP contribution in [-0.4, -0.2) is 48.4 Å². The van der Waals surface area contributed by atoms with E-state index in [-0.39, 0.29) is 11.9 Å². The number of nitrogens with zero attached hydrogens (tertiary/aromatic N) is 2. The molecule has 0 saturated carbocycles. The third kappa shape index (κ3) is 5.46. The highest BCUT2D eigenvalue weighted by molar-refractivity contribution is 5.80. The second kappa shape index (κ2) is 10.8. The summed E-state index contributed by atoms with van der Waals surface area (Å²) in [6.07, 6.45) is 5.74. The SMILES string of the molecule is O=C(CCCN1CCN(Cc2ccccc2)CC1)NC1c2ccccc2C=Cc2ccccc21. The topological polar surface area (TPSA) is 35.6 Å². The lowest BCUT2D eigenvalue weighted by molar-refractivity contribution is -0.121. The molecule has 0 atom stereocenters. The van der Waals surface area contributed by atoms with Crippen molar-refractivity contribution in [2.45, 2.75) is 25.4 Å². The fraction of sp³-hybridized carbons (Fsp3) is 0.300. The number of piperazine rings is 1. The van der Waals surface area contributed by atoms with E-state index in [1.165, 1.54) is 5.56 Å². The molecule has 0 aromatic heterocycles. The minimum Gasteiger partial charge on any atom is -0.345 e. The second-order valence-corrected chi connectivity index (χ2v) is 9.30. The first-order valence-electron chi connectivity index (χ1n) is 12.4. The van der Waals surface area contributed by atoms with Crippen LogP contribution >= 0.6 is 0 Å². The molecule has 5 rings (SSSR count). The van der Waals surface area contributed by atoms with Crippen LogP contribution in [0.4, 0.5) is 0 Å². The van der Waals surface area contributed by atoms with E-state index >= 15 is 0 Å². The Balaban J connectivity index is 1.12. The number of carbonyl (C=O) groups is 1. The summed E-state index contributed by atoms with van der Waals surface area (Å²) in [6.45, 7) is 6.32. The van der Waals surface area contributed by atoms with Crippen molar-refractivity contribution >= 4 is 18.1 Å². The molecule has 2 aliphatic rings. The Morgan fingerprint density at radius 1 is 0.735 bits per heavy atom. The van der Waals surface area contributed by atoms with Crippen LogP contribution in [0.1, 0.15) is 46.7 Å². The Labute approximate surface area is 202 Å². The molecule has 174 valence electrons. The van der Waals surface area contributed by atoms with E-state index in [9.17, 15) is 4.79 Å². The molecule has 0 unspecified atom stereocenters. The number of nitrogens with one attached hydrogen (secondary N) is 1. The van der Waals surface area contributed by atoms with E-state index in [4.69, 9.17) is 0 Å². The highest BCUT2D eigenvalue weighted by Gasteiger charge is 2.23. The summed E-state index contributed by atoms with van der Waals surface area (Å²) in [5.41, 5.74) is 6.03. The fourth-order valence-corrected chi connectivity index (χ4v) is 5.06. The van der Waals surface area contributed by atoms with Gasteiger partial charge in [0.1, 0.15) is 0 Å². The zero-order valence-corrected chi connectivity index (χ0v) is 19.7. The molecule has 1 aliphatic carbocycles. The summed E-state index contributed by atoms with van der Waals surface area (Å²) in [7, 11) is 0. The highest BCUT2D eigenvalue weighted by atomic mass is 16.1. The molecule has 0 radical (unpaired) electrons. The number of hydrogen-bond acceptors (Lipinski definition) is 3. The average molecular weight is 452 g/mol. The predicted molar refractivity (Wildman–Crippen MR) is 139 cm³/mol. The minimum absolute atomic E-state index is 0.114. The Kier molecular flexibility index (Phi) is 7.18. The van der Waals surface area contributed by atoms with Gasteiger partial charge in [-0.3, -0.25) is 9.69 Å². The van der Waals surface area contributed by atoms with E-state index < -0.39 is 0 Å². The van der Waals surface area contributed by atoms with Crippen molar-refractivity contribution in [3.8, 4) is 0 Å². The summed E-state index contributed by atoms with van der Waals surface area (Å²) < 4.78 is 0. The third-order valence-electron chi connectivity index (χ3n) is 6.95. The zero-order valence-electron chi connectivity index (χ0n) is 19.7. The smallest absolute Gasteiger partial charge is 0.220 e. The summed E-state index contributed by atoms with van der Waals surface area (Å²) in [4.78, 5) is 18.0. The van der Waals surface area contributed by atoms with Crippen molar-refractivity contribution in [1.29, 1.82) is 0 Å². The first-order chi connectivity index (χ1) is 16.8. The predicted octanol–water partition coefficient (Wildman–Crippen LogP) is 4.97. The first-order valence-corrected chi connectivity index (χ1v) is 12.4. The number of amides is 1. The van der Waals surface area contributed by atoms with Crippen molar-refractivity contribution in [1.82, 2.24) is 15.1 Å². The lowest BCUT2D eigenvalue weighted by Gasteiger charge is -2.34. The molecule has 1 amide bonds. The van der Waals surface area contributed by atoms with Crippen LogP contribution in [0.15, 0.2) is 78.9 Å². The third-order valence-corrected chi connectivity index (χ3v) is 6.95. The number of benzene rings is 3. The molecule has 1 fully saturated rings. The van der Waals surface area contributed by atoms with E-state index in [1.807, 2.05) is 0 Å². The molecule has 4 nitrogen and oxygen atoms in total. The fourth-order valence-electron chi connectivity index (χ4n) is 5.06.